The van der Waals surface area contributed by atoms with E-state index in [1.165, 1.54) is 28.3 Å². The van der Waals surface area contributed by atoms with E-state index in [2.05, 4.69) is 20.0 Å². The molecule has 1 amide bonds. The topological polar surface area (TPSA) is 76.4 Å². The number of hydrogen-bond donors (Lipinski definition) is 0. The van der Waals surface area contributed by atoms with Crippen molar-refractivity contribution in [2.45, 2.75) is 13.0 Å². The van der Waals surface area contributed by atoms with Crippen molar-refractivity contribution < 1.29 is 18.3 Å². The predicted molar refractivity (Wildman–Crippen MR) is 104 cm³/mol. The Hall–Kier alpha value is -2.50. The van der Waals surface area contributed by atoms with Crippen LogP contribution in [0.1, 0.15) is 6.42 Å². The van der Waals surface area contributed by atoms with Crippen molar-refractivity contribution in [3.63, 3.8) is 0 Å². The van der Waals surface area contributed by atoms with Gasteiger partial charge in [0.1, 0.15) is 30.5 Å². The molecule has 3 heterocycles. The normalized spacial score (nSPS) is 15.1. The van der Waals surface area contributed by atoms with Gasteiger partial charge in [-0.2, -0.15) is 5.10 Å². The molecule has 1 saturated heterocycles. The van der Waals surface area contributed by atoms with E-state index in [9.17, 15) is 13.6 Å². The van der Waals surface area contributed by atoms with Crippen molar-refractivity contribution in [2.75, 3.05) is 44.3 Å². The Morgan fingerprint density at radius 2 is 2.10 bits per heavy atom. The van der Waals surface area contributed by atoms with Gasteiger partial charge in [-0.3, -0.25) is 14.6 Å². The van der Waals surface area contributed by atoms with Gasteiger partial charge in [-0.1, -0.05) is 11.3 Å². The highest BCUT2D eigenvalue weighted by Gasteiger charge is 2.22. The van der Waals surface area contributed by atoms with E-state index in [1.807, 2.05) is 0 Å². The van der Waals surface area contributed by atoms with Crippen LogP contribution in [0.15, 0.2) is 24.8 Å². The summed E-state index contributed by atoms with van der Waals surface area (Å²) in [5.74, 6) is -1.64. The van der Waals surface area contributed by atoms with E-state index < -0.39 is 11.6 Å². The number of hydrogen-bond acceptors (Lipinski definition) is 7. The van der Waals surface area contributed by atoms with Crippen molar-refractivity contribution in [1.82, 2.24) is 24.6 Å². The summed E-state index contributed by atoms with van der Waals surface area (Å²) in [7, 11) is 0. The van der Waals surface area contributed by atoms with Crippen LogP contribution in [0.2, 0.25) is 0 Å². The molecule has 0 N–H and O–H groups in total. The molecule has 154 valence electrons. The van der Waals surface area contributed by atoms with Crippen LogP contribution in [0, 0.1) is 11.6 Å². The highest BCUT2D eigenvalue weighted by molar-refractivity contribution is 7.22. The van der Waals surface area contributed by atoms with Crippen molar-refractivity contribution in [1.29, 1.82) is 0 Å². The van der Waals surface area contributed by atoms with Gasteiger partial charge in [0.25, 0.3) is 5.91 Å². The number of amides is 1. The fourth-order valence-electron chi connectivity index (χ4n) is 3.20. The number of carbonyl (C=O) groups is 1. The highest BCUT2D eigenvalue weighted by Crippen LogP contribution is 2.31. The summed E-state index contributed by atoms with van der Waals surface area (Å²) in [6, 6.07) is 2.03. The van der Waals surface area contributed by atoms with Gasteiger partial charge in [0, 0.05) is 32.2 Å². The van der Waals surface area contributed by atoms with Gasteiger partial charge in [-0.25, -0.2) is 23.4 Å². The van der Waals surface area contributed by atoms with Gasteiger partial charge >= 0.3 is 0 Å². The van der Waals surface area contributed by atoms with Gasteiger partial charge in [-0.15, -0.1) is 0 Å². The molecule has 8 nitrogen and oxygen atoms in total. The molecule has 0 aliphatic carbocycles. The molecule has 0 radical (unpaired) electrons. The fourth-order valence-corrected chi connectivity index (χ4v) is 4.25. The first-order valence-electron chi connectivity index (χ1n) is 9.28. The Kier molecular flexibility index (Phi) is 6.07. The lowest BCUT2D eigenvalue weighted by atomic mass is 10.3. The van der Waals surface area contributed by atoms with Crippen LogP contribution in [0.25, 0.3) is 10.2 Å². The third-order valence-electron chi connectivity index (χ3n) is 4.66. The summed E-state index contributed by atoms with van der Waals surface area (Å²) < 4.78 is 34.8. The third kappa shape index (κ3) is 4.74. The maximum Gasteiger partial charge on any atom is 0.250 e. The van der Waals surface area contributed by atoms with Crippen LogP contribution in [0.3, 0.4) is 0 Å². The number of thiazole rings is 1. The summed E-state index contributed by atoms with van der Waals surface area (Å²) in [6.45, 7) is 4.34. The summed E-state index contributed by atoms with van der Waals surface area (Å²) >= 11 is 1.10. The Bertz CT molecular complexity index is 974. The predicted octanol–water partition coefficient (Wildman–Crippen LogP) is 1.92. The van der Waals surface area contributed by atoms with Gasteiger partial charge < -0.3 is 4.74 Å². The zero-order chi connectivity index (χ0) is 20.2. The number of nitrogens with zero attached hydrogens (tertiary/aromatic N) is 6. The van der Waals surface area contributed by atoms with Crippen molar-refractivity contribution >= 4 is 32.6 Å². The van der Waals surface area contributed by atoms with Crippen molar-refractivity contribution in [3.05, 3.63) is 36.4 Å². The molecule has 4 rings (SSSR count). The Morgan fingerprint density at radius 1 is 1.28 bits per heavy atom. The minimum atomic E-state index is -0.737. The lowest BCUT2D eigenvalue weighted by Gasteiger charge is -2.27. The smallest absolute Gasteiger partial charge is 0.250 e. The number of carbonyl (C=O) groups excluding carboxylic acids is 1. The first-order valence-corrected chi connectivity index (χ1v) is 10.1. The lowest BCUT2D eigenvalue weighted by molar-refractivity contribution is -0.119. The van der Waals surface area contributed by atoms with E-state index in [0.29, 0.717) is 29.6 Å². The van der Waals surface area contributed by atoms with Gasteiger partial charge in [0.05, 0.1) is 17.9 Å². The number of rotatable bonds is 7. The molecule has 2 aromatic heterocycles. The average molecular weight is 422 g/mol. The summed E-state index contributed by atoms with van der Waals surface area (Å²) in [5.41, 5.74) is 0.0677. The Morgan fingerprint density at radius 3 is 2.86 bits per heavy atom. The number of ether oxygens (including phenoxy) is 1. The van der Waals surface area contributed by atoms with Crippen LogP contribution in [0.5, 0.6) is 0 Å². The zero-order valence-corrected chi connectivity index (χ0v) is 16.4. The molecule has 1 aliphatic rings. The second kappa shape index (κ2) is 8.89. The number of anilines is 1. The molecule has 0 saturated carbocycles. The molecule has 0 spiro atoms. The van der Waals surface area contributed by atoms with Crippen LogP contribution < -0.4 is 4.90 Å². The van der Waals surface area contributed by atoms with E-state index in [1.54, 1.807) is 0 Å². The maximum atomic E-state index is 14.1. The van der Waals surface area contributed by atoms with Crippen molar-refractivity contribution in [3.8, 4) is 0 Å². The summed E-state index contributed by atoms with van der Waals surface area (Å²) in [6.07, 6.45) is 3.53. The fraction of sp³-hybridized carbons (Fsp3) is 0.444. The van der Waals surface area contributed by atoms with Crippen LogP contribution in [0.4, 0.5) is 13.9 Å². The first kappa shape index (κ1) is 19.8. The number of aromatic nitrogens is 4. The lowest BCUT2D eigenvalue weighted by Crippen LogP contribution is -2.40. The molecule has 11 heteroatoms. The standard InChI is InChI=1S/C18H20F2N6O2S/c19-13-8-14(20)17-15(9-13)29-18(23-17)26(16(27)10-25-12-21-11-22-25)3-1-2-24-4-6-28-7-5-24/h8-9,11-12H,1-7,10H2. The van der Waals surface area contributed by atoms with Crippen molar-refractivity contribution in [2.24, 2.45) is 0 Å². The number of morpholine rings is 1. The Labute approximate surface area is 169 Å². The minimum absolute atomic E-state index is 0.00960. The minimum Gasteiger partial charge on any atom is -0.379 e. The summed E-state index contributed by atoms with van der Waals surface area (Å²) in [5, 5.41) is 4.31. The molecule has 0 unspecified atom stereocenters. The molecular formula is C18H20F2N6O2S. The van der Waals surface area contributed by atoms with Crippen LogP contribution >= 0.6 is 11.3 Å². The summed E-state index contributed by atoms with van der Waals surface area (Å²) in [4.78, 5) is 24.8. The third-order valence-corrected chi connectivity index (χ3v) is 5.68. The van der Waals surface area contributed by atoms with E-state index in [4.69, 9.17) is 4.74 Å². The molecule has 0 atom stereocenters. The monoisotopic (exact) mass is 422 g/mol. The number of fused-ring (bicyclic) bond motifs is 1. The average Bonchev–Trinajstić information content (AvgIpc) is 3.36. The number of benzene rings is 1. The number of halogens is 2. The quantitative estimate of drug-likeness (QED) is 0.579. The SMILES string of the molecule is O=C(Cn1cncn1)N(CCCN1CCOCC1)c1nc2c(F)cc(F)cc2s1. The largest absolute Gasteiger partial charge is 0.379 e. The second-order valence-electron chi connectivity index (χ2n) is 6.68. The van der Waals surface area contributed by atoms with E-state index >= 15 is 0 Å². The molecule has 29 heavy (non-hydrogen) atoms. The second-order valence-corrected chi connectivity index (χ2v) is 7.69. The van der Waals surface area contributed by atoms with Gasteiger partial charge in [-0.05, 0) is 12.5 Å². The molecule has 1 fully saturated rings. The Balaban J connectivity index is 1.53. The first-order chi connectivity index (χ1) is 14.1. The van der Waals surface area contributed by atoms with Crippen LogP contribution in [-0.2, 0) is 16.1 Å². The van der Waals surface area contributed by atoms with E-state index in [-0.39, 0.29) is 18.0 Å². The van der Waals surface area contributed by atoms with E-state index in [0.717, 1.165) is 43.5 Å². The van der Waals surface area contributed by atoms with Gasteiger partial charge in [0.15, 0.2) is 10.9 Å². The maximum absolute atomic E-state index is 14.1. The molecule has 1 aromatic carbocycles. The molecule has 1 aliphatic heterocycles. The van der Waals surface area contributed by atoms with Gasteiger partial charge in [0.2, 0.25) is 0 Å². The molecule has 0 bridgehead atoms. The highest BCUT2D eigenvalue weighted by atomic mass is 32.1. The zero-order valence-electron chi connectivity index (χ0n) is 15.6. The molecule has 3 aromatic rings. The van der Waals surface area contributed by atoms with Crippen LogP contribution in [-0.4, -0.2) is 69.9 Å². The molecular weight excluding hydrogens is 402 g/mol.